The predicted octanol–water partition coefficient (Wildman–Crippen LogP) is 4.94. The van der Waals surface area contributed by atoms with Crippen molar-refractivity contribution >= 4 is 51.6 Å². The Bertz CT molecular complexity index is 1430. The molecule has 37 heavy (non-hydrogen) atoms. The number of ether oxygens (including phenoxy) is 1. The molecule has 11 heteroatoms. The number of carbonyl (C=O) groups is 1. The van der Waals surface area contributed by atoms with Crippen LogP contribution in [-0.2, 0) is 0 Å². The van der Waals surface area contributed by atoms with Gasteiger partial charge in [-0.25, -0.2) is 9.37 Å². The van der Waals surface area contributed by atoms with Crippen molar-refractivity contribution in [3.05, 3.63) is 65.2 Å². The second-order valence-electron chi connectivity index (χ2n) is 9.12. The number of amides is 1. The number of fused-ring (bicyclic) bond motifs is 1. The third-order valence-electron chi connectivity index (χ3n) is 6.12. The lowest BCUT2D eigenvalue weighted by Gasteiger charge is -2.36. The van der Waals surface area contributed by atoms with Crippen molar-refractivity contribution in [2.24, 2.45) is 0 Å². The van der Waals surface area contributed by atoms with Crippen LogP contribution in [0.4, 0.5) is 27.5 Å². The van der Waals surface area contributed by atoms with Gasteiger partial charge in [-0.15, -0.1) is 0 Å². The van der Waals surface area contributed by atoms with Gasteiger partial charge in [-0.1, -0.05) is 11.6 Å². The number of hydrogen-bond acceptors (Lipinski definition) is 7. The minimum absolute atomic E-state index is 0.0853. The van der Waals surface area contributed by atoms with Gasteiger partial charge in [0.05, 0.1) is 13.3 Å². The van der Waals surface area contributed by atoms with E-state index in [4.69, 9.17) is 16.3 Å². The predicted molar refractivity (Wildman–Crippen MR) is 144 cm³/mol. The van der Waals surface area contributed by atoms with Crippen LogP contribution in [-0.4, -0.2) is 53.1 Å². The number of benzene rings is 2. The molecule has 0 bridgehead atoms. The molecular weight excluding hydrogens is 497 g/mol. The number of rotatable bonds is 6. The van der Waals surface area contributed by atoms with E-state index in [-0.39, 0.29) is 29.5 Å². The van der Waals surface area contributed by atoms with E-state index in [2.05, 4.69) is 44.7 Å². The topological polar surface area (TPSA) is 107 Å². The first-order valence-electron chi connectivity index (χ1n) is 11.9. The SMILES string of the molecule is COc1c(C(=O)Nc2ccc(Nc3nc(N4C[C@@H](C)N[C@@H](C)C4)ncc3F)cc2)[nH]c2ccc(Cl)cc12. The third kappa shape index (κ3) is 5.30. The third-order valence-corrected chi connectivity index (χ3v) is 6.36. The van der Waals surface area contributed by atoms with Gasteiger partial charge in [-0.05, 0) is 56.3 Å². The molecule has 1 amide bonds. The van der Waals surface area contributed by atoms with Gasteiger partial charge < -0.3 is 30.6 Å². The standard InChI is InChI=1S/C26H27ClFN7O2/c1-14-12-35(13-15(2)30-14)26-29-11-20(28)24(34-26)31-17-5-7-18(8-6-17)32-25(36)22-23(37-3)19-10-16(27)4-9-21(19)33-22/h4-11,14-15,30,33H,12-13H2,1-3H3,(H,32,36)(H,29,31,34)/t14-,15+. The highest BCUT2D eigenvalue weighted by atomic mass is 35.5. The number of H-pyrrole nitrogens is 1. The maximum absolute atomic E-state index is 14.5. The Morgan fingerprint density at radius 1 is 1.14 bits per heavy atom. The van der Waals surface area contributed by atoms with Crippen molar-refractivity contribution in [3.8, 4) is 5.75 Å². The van der Waals surface area contributed by atoms with Crippen molar-refractivity contribution < 1.29 is 13.9 Å². The van der Waals surface area contributed by atoms with Crippen LogP contribution in [0.15, 0.2) is 48.7 Å². The zero-order valence-corrected chi connectivity index (χ0v) is 21.4. The van der Waals surface area contributed by atoms with Crippen LogP contribution in [0.2, 0.25) is 5.02 Å². The first-order valence-corrected chi connectivity index (χ1v) is 12.3. The number of anilines is 4. The number of nitrogens with one attached hydrogen (secondary N) is 4. The molecule has 0 aliphatic carbocycles. The number of piperazine rings is 1. The van der Waals surface area contributed by atoms with Crippen LogP contribution in [0.3, 0.4) is 0 Å². The molecule has 1 saturated heterocycles. The molecule has 1 fully saturated rings. The Kier molecular flexibility index (Phi) is 6.86. The molecule has 0 radical (unpaired) electrons. The van der Waals surface area contributed by atoms with Gasteiger partial charge in [0.25, 0.3) is 5.91 Å². The van der Waals surface area contributed by atoms with E-state index in [1.807, 2.05) is 4.90 Å². The molecule has 0 saturated carbocycles. The quantitative estimate of drug-likeness (QED) is 0.283. The first kappa shape index (κ1) is 24.8. The molecule has 2 aromatic carbocycles. The molecule has 0 spiro atoms. The summed E-state index contributed by atoms with van der Waals surface area (Å²) >= 11 is 6.10. The maximum Gasteiger partial charge on any atom is 0.275 e. The molecular formula is C26H27ClFN7O2. The molecule has 9 nitrogen and oxygen atoms in total. The molecule has 4 N–H and O–H groups in total. The lowest BCUT2D eigenvalue weighted by molar-refractivity contribution is 0.102. The number of halogens is 2. The molecule has 0 unspecified atom stereocenters. The number of methoxy groups -OCH3 is 1. The lowest BCUT2D eigenvalue weighted by Crippen LogP contribution is -2.54. The highest BCUT2D eigenvalue weighted by molar-refractivity contribution is 6.31. The Morgan fingerprint density at radius 2 is 1.84 bits per heavy atom. The molecule has 2 atom stereocenters. The summed E-state index contributed by atoms with van der Waals surface area (Å²) in [5, 5.41) is 10.6. The van der Waals surface area contributed by atoms with Crippen molar-refractivity contribution in [3.63, 3.8) is 0 Å². The fourth-order valence-electron chi connectivity index (χ4n) is 4.57. The van der Waals surface area contributed by atoms with Gasteiger partial charge >= 0.3 is 0 Å². The van der Waals surface area contributed by atoms with Crippen LogP contribution >= 0.6 is 11.6 Å². The summed E-state index contributed by atoms with van der Waals surface area (Å²) in [6.07, 6.45) is 1.18. The zero-order chi connectivity index (χ0) is 26.1. The summed E-state index contributed by atoms with van der Waals surface area (Å²) in [6, 6.07) is 12.7. The van der Waals surface area contributed by atoms with Crippen LogP contribution in [0, 0.1) is 5.82 Å². The largest absolute Gasteiger partial charge is 0.494 e. The van der Waals surface area contributed by atoms with Crippen molar-refractivity contribution in [1.82, 2.24) is 20.3 Å². The van der Waals surface area contributed by atoms with E-state index in [1.54, 1.807) is 42.5 Å². The van der Waals surface area contributed by atoms with E-state index >= 15 is 0 Å². The summed E-state index contributed by atoms with van der Waals surface area (Å²) in [4.78, 5) is 26.7. The number of aromatic nitrogens is 3. The van der Waals surface area contributed by atoms with Crippen molar-refractivity contribution in [1.29, 1.82) is 0 Å². The Morgan fingerprint density at radius 3 is 2.54 bits per heavy atom. The van der Waals surface area contributed by atoms with E-state index in [9.17, 15) is 9.18 Å². The van der Waals surface area contributed by atoms with Crippen LogP contribution in [0.5, 0.6) is 5.75 Å². The van der Waals surface area contributed by atoms with Crippen molar-refractivity contribution in [2.45, 2.75) is 25.9 Å². The van der Waals surface area contributed by atoms with Gasteiger partial charge in [-0.2, -0.15) is 4.98 Å². The minimum Gasteiger partial charge on any atom is -0.494 e. The average molecular weight is 524 g/mol. The highest BCUT2D eigenvalue weighted by Crippen LogP contribution is 2.32. The summed E-state index contributed by atoms with van der Waals surface area (Å²) in [5.41, 5.74) is 2.19. The summed E-state index contributed by atoms with van der Waals surface area (Å²) < 4.78 is 20.0. The van der Waals surface area contributed by atoms with Gasteiger partial charge in [0.2, 0.25) is 5.95 Å². The van der Waals surface area contributed by atoms with E-state index < -0.39 is 5.82 Å². The number of nitrogens with zero attached hydrogens (tertiary/aromatic N) is 3. The van der Waals surface area contributed by atoms with Gasteiger partial charge in [-0.3, -0.25) is 4.79 Å². The second-order valence-corrected chi connectivity index (χ2v) is 9.56. The minimum atomic E-state index is -0.552. The Labute approximate surface area is 218 Å². The number of aromatic amines is 1. The van der Waals surface area contributed by atoms with E-state index in [1.165, 1.54) is 13.3 Å². The Hall–Kier alpha value is -3.89. The van der Waals surface area contributed by atoms with Gasteiger partial charge in [0.1, 0.15) is 5.69 Å². The first-order chi connectivity index (χ1) is 17.8. The van der Waals surface area contributed by atoms with Gasteiger partial charge in [0.15, 0.2) is 17.4 Å². The molecule has 5 rings (SSSR count). The summed E-state index contributed by atoms with van der Waals surface area (Å²) in [6.45, 7) is 5.65. The van der Waals surface area contributed by atoms with Gasteiger partial charge in [0, 0.05) is 52.5 Å². The van der Waals surface area contributed by atoms with Crippen molar-refractivity contribution in [2.75, 3.05) is 35.7 Å². The zero-order valence-electron chi connectivity index (χ0n) is 20.6. The summed E-state index contributed by atoms with van der Waals surface area (Å²) in [7, 11) is 1.50. The monoisotopic (exact) mass is 523 g/mol. The normalized spacial score (nSPS) is 17.6. The molecule has 1 aliphatic heterocycles. The fourth-order valence-corrected chi connectivity index (χ4v) is 4.74. The average Bonchev–Trinajstić information content (AvgIpc) is 3.24. The molecule has 1 aliphatic rings. The number of carbonyl (C=O) groups excluding carboxylic acids is 1. The number of hydrogen-bond donors (Lipinski definition) is 4. The highest BCUT2D eigenvalue weighted by Gasteiger charge is 2.24. The molecule has 3 heterocycles. The maximum atomic E-state index is 14.5. The van der Waals surface area contributed by atoms with Crippen LogP contribution in [0.1, 0.15) is 24.3 Å². The lowest BCUT2D eigenvalue weighted by atomic mass is 10.1. The Balaban J connectivity index is 1.30. The molecule has 4 aromatic rings. The summed E-state index contributed by atoms with van der Waals surface area (Å²) in [5.74, 6) is 0.0551. The van der Waals surface area contributed by atoms with E-state index in [0.717, 1.165) is 24.0 Å². The molecule has 2 aromatic heterocycles. The van der Waals surface area contributed by atoms with E-state index in [0.29, 0.717) is 28.1 Å². The van der Waals surface area contributed by atoms with Crippen LogP contribution < -0.4 is 25.6 Å². The fraction of sp³-hybridized carbons (Fsp3) is 0.269. The van der Waals surface area contributed by atoms with Crippen LogP contribution in [0.25, 0.3) is 10.9 Å². The molecule has 192 valence electrons. The smallest absolute Gasteiger partial charge is 0.275 e. The second kappa shape index (κ2) is 10.2.